The van der Waals surface area contributed by atoms with Crippen LogP contribution in [0.2, 0.25) is 0 Å². The highest BCUT2D eigenvalue weighted by molar-refractivity contribution is 5.91. The molecule has 1 saturated heterocycles. The fourth-order valence-corrected chi connectivity index (χ4v) is 4.10. The van der Waals surface area contributed by atoms with Crippen LogP contribution in [0.4, 0.5) is 0 Å². The van der Waals surface area contributed by atoms with Crippen molar-refractivity contribution < 1.29 is 9.21 Å². The van der Waals surface area contributed by atoms with Gasteiger partial charge in [-0.25, -0.2) is 9.97 Å². The molecule has 1 fully saturated rings. The molecule has 0 N–H and O–H groups in total. The summed E-state index contributed by atoms with van der Waals surface area (Å²) >= 11 is 0. The van der Waals surface area contributed by atoms with Crippen LogP contribution < -0.4 is 0 Å². The van der Waals surface area contributed by atoms with Gasteiger partial charge in [0.2, 0.25) is 0 Å². The Labute approximate surface area is 180 Å². The summed E-state index contributed by atoms with van der Waals surface area (Å²) in [5.41, 5.74) is 4.11. The maximum absolute atomic E-state index is 12.6. The summed E-state index contributed by atoms with van der Waals surface area (Å²) in [4.78, 5) is 28.3. The van der Waals surface area contributed by atoms with Gasteiger partial charge in [-0.1, -0.05) is 30.3 Å². The number of hydrogen-bond donors (Lipinski definition) is 0. The van der Waals surface area contributed by atoms with Gasteiger partial charge in [0.25, 0.3) is 5.91 Å². The van der Waals surface area contributed by atoms with Crippen molar-refractivity contribution >= 4 is 5.91 Å². The molecule has 5 rings (SSSR count). The average molecular weight is 410 g/mol. The van der Waals surface area contributed by atoms with Crippen molar-refractivity contribution in [3.8, 4) is 22.5 Å². The third-order valence-electron chi connectivity index (χ3n) is 5.74. The van der Waals surface area contributed by atoms with Crippen LogP contribution in [0, 0.1) is 0 Å². The molecule has 3 aromatic heterocycles. The molecule has 1 aromatic carbocycles. The van der Waals surface area contributed by atoms with Gasteiger partial charge in [-0.3, -0.25) is 9.78 Å². The summed E-state index contributed by atoms with van der Waals surface area (Å²) < 4.78 is 5.28. The molecule has 0 saturated carbocycles. The van der Waals surface area contributed by atoms with Gasteiger partial charge in [0.15, 0.2) is 11.6 Å². The Balaban J connectivity index is 1.45. The highest BCUT2D eigenvalue weighted by Gasteiger charge is 2.28. The number of piperidine rings is 1. The zero-order valence-electron chi connectivity index (χ0n) is 17.0. The van der Waals surface area contributed by atoms with Gasteiger partial charge in [0, 0.05) is 48.7 Å². The van der Waals surface area contributed by atoms with E-state index < -0.39 is 0 Å². The normalized spacial score (nSPS) is 14.5. The zero-order valence-corrected chi connectivity index (χ0v) is 17.0. The Bertz CT molecular complexity index is 1150. The van der Waals surface area contributed by atoms with Crippen LogP contribution in [0.1, 0.15) is 35.0 Å². The smallest absolute Gasteiger partial charge is 0.289 e. The van der Waals surface area contributed by atoms with Crippen molar-refractivity contribution in [3.63, 3.8) is 0 Å². The number of aromatic nitrogens is 3. The lowest BCUT2D eigenvalue weighted by atomic mass is 9.89. The maximum Gasteiger partial charge on any atom is 0.289 e. The Morgan fingerprint density at radius 2 is 1.71 bits per heavy atom. The summed E-state index contributed by atoms with van der Waals surface area (Å²) in [6, 6.07) is 17.5. The van der Waals surface area contributed by atoms with E-state index in [-0.39, 0.29) is 11.8 Å². The van der Waals surface area contributed by atoms with Crippen molar-refractivity contribution in [3.05, 3.63) is 90.9 Å². The number of pyridine rings is 1. The summed E-state index contributed by atoms with van der Waals surface area (Å²) in [5.74, 6) is 1.31. The van der Waals surface area contributed by atoms with Crippen LogP contribution >= 0.6 is 0 Å². The molecular weight excluding hydrogens is 388 g/mol. The molecule has 0 atom stereocenters. The molecular formula is C25H22N4O2. The lowest BCUT2D eigenvalue weighted by Gasteiger charge is -2.32. The van der Waals surface area contributed by atoms with E-state index in [0.29, 0.717) is 18.8 Å². The molecule has 0 aliphatic carbocycles. The second-order valence-electron chi connectivity index (χ2n) is 7.64. The van der Waals surface area contributed by atoms with Crippen molar-refractivity contribution in [1.82, 2.24) is 19.9 Å². The lowest BCUT2D eigenvalue weighted by molar-refractivity contribution is 0.0680. The molecule has 1 amide bonds. The topological polar surface area (TPSA) is 72.1 Å². The maximum atomic E-state index is 12.6. The second-order valence-corrected chi connectivity index (χ2v) is 7.64. The highest BCUT2D eigenvalue weighted by atomic mass is 16.3. The predicted octanol–water partition coefficient (Wildman–Crippen LogP) is 4.82. The molecule has 6 nitrogen and oxygen atoms in total. The molecule has 0 bridgehead atoms. The number of nitrogens with zero attached hydrogens (tertiary/aromatic N) is 4. The highest BCUT2D eigenvalue weighted by Crippen LogP contribution is 2.35. The number of carbonyl (C=O) groups excluding carboxylic acids is 1. The molecule has 31 heavy (non-hydrogen) atoms. The number of carbonyl (C=O) groups is 1. The minimum atomic E-state index is -0.0505. The van der Waals surface area contributed by atoms with E-state index in [0.717, 1.165) is 41.1 Å². The number of benzene rings is 1. The van der Waals surface area contributed by atoms with E-state index in [1.807, 2.05) is 53.6 Å². The number of rotatable bonds is 4. The molecule has 1 aliphatic heterocycles. The summed E-state index contributed by atoms with van der Waals surface area (Å²) in [6.45, 7) is 1.34. The Kier molecular flexibility index (Phi) is 5.27. The van der Waals surface area contributed by atoms with Gasteiger partial charge in [-0.05, 0) is 42.7 Å². The summed E-state index contributed by atoms with van der Waals surface area (Å²) in [5, 5.41) is 0. The first-order valence-corrected chi connectivity index (χ1v) is 10.4. The Morgan fingerprint density at radius 1 is 0.935 bits per heavy atom. The first-order chi connectivity index (χ1) is 15.3. The van der Waals surface area contributed by atoms with Gasteiger partial charge in [0.05, 0.1) is 12.0 Å². The van der Waals surface area contributed by atoms with Crippen molar-refractivity contribution in [2.24, 2.45) is 0 Å². The first kappa shape index (κ1) is 19.2. The minimum absolute atomic E-state index is 0.0505. The van der Waals surface area contributed by atoms with Crippen LogP contribution in [0.15, 0.2) is 83.9 Å². The number of furan rings is 1. The lowest BCUT2D eigenvalue weighted by Crippen LogP contribution is -2.38. The fourth-order valence-electron chi connectivity index (χ4n) is 4.10. The average Bonchev–Trinajstić information content (AvgIpc) is 3.40. The van der Waals surface area contributed by atoms with Crippen LogP contribution in [0.25, 0.3) is 22.5 Å². The van der Waals surface area contributed by atoms with Gasteiger partial charge in [-0.2, -0.15) is 0 Å². The third kappa shape index (κ3) is 3.97. The number of hydrogen-bond acceptors (Lipinski definition) is 5. The number of amides is 1. The van der Waals surface area contributed by atoms with Crippen LogP contribution in [-0.2, 0) is 0 Å². The largest absolute Gasteiger partial charge is 0.459 e. The quantitative estimate of drug-likeness (QED) is 0.482. The van der Waals surface area contributed by atoms with E-state index in [1.54, 1.807) is 24.5 Å². The summed E-state index contributed by atoms with van der Waals surface area (Å²) in [7, 11) is 0. The fraction of sp³-hybridized carbons (Fsp3) is 0.200. The zero-order chi connectivity index (χ0) is 21.0. The monoisotopic (exact) mass is 410 g/mol. The van der Waals surface area contributed by atoms with E-state index in [2.05, 4.69) is 9.97 Å². The Hall–Kier alpha value is -3.80. The van der Waals surface area contributed by atoms with E-state index in [4.69, 9.17) is 9.40 Å². The van der Waals surface area contributed by atoms with Crippen LogP contribution in [0.3, 0.4) is 0 Å². The van der Waals surface area contributed by atoms with Crippen molar-refractivity contribution in [2.75, 3.05) is 13.1 Å². The van der Waals surface area contributed by atoms with Crippen LogP contribution in [-0.4, -0.2) is 38.8 Å². The predicted molar refractivity (Wildman–Crippen MR) is 117 cm³/mol. The van der Waals surface area contributed by atoms with Crippen molar-refractivity contribution in [1.29, 1.82) is 0 Å². The molecule has 6 heteroatoms. The molecule has 1 aliphatic rings. The van der Waals surface area contributed by atoms with E-state index >= 15 is 0 Å². The SMILES string of the molecule is O=C(c1ccco1)N1CCC(c2nc(-c3ccccc3)ncc2-c2ccncc2)CC1. The standard InChI is InChI=1S/C25H22N4O2/c30-25(22-7-4-16-31-22)29-14-10-19(11-15-29)23-21(18-8-12-26-13-9-18)17-27-24(28-23)20-5-2-1-3-6-20/h1-9,12-13,16-17,19H,10-11,14-15H2. The van der Waals surface area contributed by atoms with Gasteiger partial charge in [-0.15, -0.1) is 0 Å². The van der Waals surface area contributed by atoms with E-state index in [9.17, 15) is 4.79 Å². The molecule has 4 aromatic rings. The molecule has 4 heterocycles. The second kappa shape index (κ2) is 8.52. The van der Waals surface area contributed by atoms with Crippen molar-refractivity contribution in [2.45, 2.75) is 18.8 Å². The van der Waals surface area contributed by atoms with Crippen LogP contribution in [0.5, 0.6) is 0 Å². The summed E-state index contributed by atoms with van der Waals surface area (Å²) in [6.07, 6.45) is 8.71. The first-order valence-electron chi connectivity index (χ1n) is 10.4. The van der Waals surface area contributed by atoms with E-state index in [1.165, 1.54) is 6.26 Å². The van der Waals surface area contributed by atoms with Gasteiger partial charge in [0.1, 0.15) is 0 Å². The molecule has 0 radical (unpaired) electrons. The Morgan fingerprint density at radius 3 is 2.42 bits per heavy atom. The minimum Gasteiger partial charge on any atom is -0.459 e. The van der Waals surface area contributed by atoms with Gasteiger partial charge < -0.3 is 9.32 Å². The van der Waals surface area contributed by atoms with Gasteiger partial charge >= 0.3 is 0 Å². The molecule has 0 unspecified atom stereocenters. The third-order valence-corrected chi connectivity index (χ3v) is 5.74. The number of likely N-dealkylation sites (tertiary alicyclic amines) is 1. The molecule has 0 spiro atoms. The molecule has 154 valence electrons.